The maximum absolute atomic E-state index is 12.7. The molecule has 0 aromatic heterocycles. The van der Waals surface area contributed by atoms with E-state index in [0.717, 1.165) is 15.6 Å². The number of sulfonamides is 1. The first-order valence-electron chi connectivity index (χ1n) is 8.85. The lowest BCUT2D eigenvalue weighted by Gasteiger charge is -2.21. The molecule has 8 heteroatoms. The van der Waals surface area contributed by atoms with Crippen LogP contribution in [0.25, 0.3) is 0 Å². The minimum atomic E-state index is -3.77. The largest absolute Gasteiger partial charge is 0.497 e. The van der Waals surface area contributed by atoms with Gasteiger partial charge >= 0.3 is 0 Å². The number of carbonyl (C=O) groups excluding carboxylic acids is 1. The molecular formula is C20H26N2O5S. The Bertz CT molecular complexity index is 880. The Hall–Kier alpha value is -2.58. The van der Waals surface area contributed by atoms with E-state index in [0.29, 0.717) is 12.2 Å². The molecule has 1 amide bonds. The van der Waals surface area contributed by atoms with Crippen molar-refractivity contribution in [3.8, 4) is 11.5 Å². The van der Waals surface area contributed by atoms with Gasteiger partial charge in [-0.2, -0.15) is 4.31 Å². The summed E-state index contributed by atoms with van der Waals surface area (Å²) in [5.74, 6) is 0.919. The molecule has 1 atom stereocenters. The van der Waals surface area contributed by atoms with E-state index >= 15 is 0 Å². The van der Waals surface area contributed by atoms with E-state index in [4.69, 9.17) is 9.47 Å². The van der Waals surface area contributed by atoms with Gasteiger partial charge in [-0.05, 0) is 48.4 Å². The monoisotopic (exact) mass is 406 g/mol. The van der Waals surface area contributed by atoms with Crippen molar-refractivity contribution in [3.63, 3.8) is 0 Å². The molecule has 152 valence electrons. The number of amides is 1. The first kappa shape index (κ1) is 21.7. The minimum absolute atomic E-state index is 0.103. The number of likely N-dealkylation sites (N-methyl/N-ethyl adjacent to an activating group) is 1. The molecule has 2 aromatic carbocycles. The molecule has 2 aromatic rings. The topological polar surface area (TPSA) is 84.9 Å². The Morgan fingerprint density at radius 3 is 1.96 bits per heavy atom. The Kier molecular flexibility index (Phi) is 7.42. The van der Waals surface area contributed by atoms with Gasteiger partial charge in [0.25, 0.3) is 0 Å². The summed E-state index contributed by atoms with van der Waals surface area (Å²) >= 11 is 0. The zero-order chi connectivity index (χ0) is 20.7. The summed E-state index contributed by atoms with van der Waals surface area (Å²) in [6, 6.07) is 13.2. The van der Waals surface area contributed by atoms with Crippen LogP contribution in [0, 0.1) is 0 Å². The summed E-state index contributed by atoms with van der Waals surface area (Å²) in [4.78, 5) is 12.5. The van der Waals surface area contributed by atoms with Crippen LogP contribution < -0.4 is 14.8 Å². The van der Waals surface area contributed by atoms with Gasteiger partial charge in [-0.25, -0.2) is 8.42 Å². The van der Waals surface area contributed by atoms with Gasteiger partial charge in [-0.15, -0.1) is 0 Å². The molecule has 0 radical (unpaired) electrons. The normalized spacial score (nSPS) is 12.5. The number of nitrogens with one attached hydrogen (secondary N) is 1. The van der Waals surface area contributed by atoms with Gasteiger partial charge in [0.2, 0.25) is 15.9 Å². The number of ether oxygens (including phenoxy) is 2. The summed E-state index contributed by atoms with van der Waals surface area (Å²) in [6.45, 7) is 1.67. The van der Waals surface area contributed by atoms with E-state index in [2.05, 4.69) is 5.32 Å². The number of hydrogen-bond donors (Lipinski definition) is 1. The highest BCUT2D eigenvalue weighted by Gasteiger charge is 2.24. The SMILES string of the molecule is CC[C@H](NC(=O)CN(C)S(=O)(=O)c1ccc(OC)cc1)c1ccc(OC)cc1. The highest BCUT2D eigenvalue weighted by atomic mass is 32.2. The molecule has 28 heavy (non-hydrogen) atoms. The minimum Gasteiger partial charge on any atom is -0.497 e. The van der Waals surface area contributed by atoms with E-state index < -0.39 is 10.0 Å². The fraction of sp³-hybridized carbons (Fsp3) is 0.350. The highest BCUT2D eigenvalue weighted by Crippen LogP contribution is 2.21. The lowest BCUT2D eigenvalue weighted by Crippen LogP contribution is -2.39. The maximum atomic E-state index is 12.7. The average molecular weight is 407 g/mol. The third-order valence-corrected chi connectivity index (χ3v) is 6.21. The summed E-state index contributed by atoms with van der Waals surface area (Å²) in [5, 5.41) is 2.89. The number of hydrogen-bond acceptors (Lipinski definition) is 5. The molecule has 0 aliphatic heterocycles. The van der Waals surface area contributed by atoms with Crippen LogP contribution in [-0.2, 0) is 14.8 Å². The van der Waals surface area contributed by atoms with E-state index in [1.807, 2.05) is 31.2 Å². The van der Waals surface area contributed by atoms with Crippen molar-refractivity contribution in [2.24, 2.45) is 0 Å². The molecule has 0 aliphatic carbocycles. The first-order valence-corrected chi connectivity index (χ1v) is 10.3. The van der Waals surface area contributed by atoms with E-state index in [9.17, 15) is 13.2 Å². The van der Waals surface area contributed by atoms with E-state index in [-0.39, 0.29) is 23.4 Å². The molecule has 1 N–H and O–H groups in total. The second-order valence-corrected chi connectivity index (χ2v) is 8.28. The molecule has 2 rings (SSSR count). The Morgan fingerprint density at radius 2 is 1.50 bits per heavy atom. The van der Waals surface area contributed by atoms with Crippen LogP contribution >= 0.6 is 0 Å². The van der Waals surface area contributed by atoms with Crippen molar-refractivity contribution < 1.29 is 22.7 Å². The maximum Gasteiger partial charge on any atom is 0.243 e. The molecular weight excluding hydrogens is 380 g/mol. The molecule has 0 saturated heterocycles. The Labute approximate surface area is 166 Å². The van der Waals surface area contributed by atoms with Crippen molar-refractivity contribution in [2.75, 3.05) is 27.8 Å². The number of nitrogens with zero attached hydrogens (tertiary/aromatic N) is 1. The zero-order valence-electron chi connectivity index (χ0n) is 16.5. The zero-order valence-corrected chi connectivity index (χ0v) is 17.3. The summed E-state index contributed by atoms with van der Waals surface area (Å²) in [5.41, 5.74) is 0.928. The third kappa shape index (κ3) is 5.24. The predicted octanol–water partition coefficient (Wildman–Crippen LogP) is 2.59. The number of methoxy groups -OCH3 is 2. The summed E-state index contributed by atoms with van der Waals surface area (Å²) in [6.07, 6.45) is 0.674. The van der Waals surface area contributed by atoms with Crippen LogP contribution in [0.15, 0.2) is 53.4 Å². The van der Waals surface area contributed by atoms with Crippen molar-refractivity contribution in [1.29, 1.82) is 0 Å². The second kappa shape index (κ2) is 9.57. The number of rotatable bonds is 9. The summed E-state index contributed by atoms with van der Waals surface area (Å²) < 4.78 is 36.5. The van der Waals surface area contributed by atoms with Crippen molar-refractivity contribution in [3.05, 3.63) is 54.1 Å². The molecule has 7 nitrogen and oxygen atoms in total. The first-order chi connectivity index (χ1) is 13.3. The van der Waals surface area contributed by atoms with Crippen LogP contribution in [0.4, 0.5) is 0 Å². The van der Waals surface area contributed by atoms with Crippen LogP contribution in [-0.4, -0.2) is 46.4 Å². The van der Waals surface area contributed by atoms with Crippen LogP contribution in [0.5, 0.6) is 11.5 Å². The smallest absolute Gasteiger partial charge is 0.243 e. The van der Waals surface area contributed by atoms with E-state index in [1.54, 1.807) is 19.2 Å². The lowest BCUT2D eigenvalue weighted by molar-refractivity contribution is -0.121. The van der Waals surface area contributed by atoms with Gasteiger partial charge in [-0.1, -0.05) is 19.1 Å². The fourth-order valence-electron chi connectivity index (χ4n) is 2.71. The van der Waals surface area contributed by atoms with Gasteiger partial charge in [0.1, 0.15) is 11.5 Å². The van der Waals surface area contributed by atoms with E-state index in [1.165, 1.54) is 26.3 Å². The van der Waals surface area contributed by atoms with Gasteiger partial charge in [0.05, 0.1) is 31.7 Å². The van der Waals surface area contributed by atoms with Gasteiger partial charge in [0, 0.05) is 7.05 Å². The van der Waals surface area contributed by atoms with Gasteiger partial charge in [-0.3, -0.25) is 4.79 Å². The van der Waals surface area contributed by atoms with Crippen molar-refractivity contribution in [1.82, 2.24) is 9.62 Å². The fourth-order valence-corrected chi connectivity index (χ4v) is 3.84. The van der Waals surface area contributed by atoms with Gasteiger partial charge in [0.15, 0.2) is 0 Å². The molecule has 0 heterocycles. The molecule has 0 fully saturated rings. The molecule has 0 unspecified atom stereocenters. The highest BCUT2D eigenvalue weighted by molar-refractivity contribution is 7.89. The molecule has 0 bridgehead atoms. The third-order valence-electron chi connectivity index (χ3n) is 4.40. The second-order valence-electron chi connectivity index (χ2n) is 6.24. The van der Waals surface area contributed by atoms with Crippen molar-refractivity contribution >= 4 is 15.9 Å². The Balaban J connectivity index is 2.04. The van der Waals surface area contributed by atoms with Crippen LogP contribution in [0.1, 0.15) is 24.9 Å². The van der Waals surface area contributed by atoms with Crippen LogP contribution in [0.3, 0.4) is 0 Å². The average Bonchev–Trinajstić information content (AvgIpc) is 2.72. The molecule has 0 spiro atoms. The van der Waals surface area contributed by atoms with Crippen LogP contribution in [0.2, 0.25) is 0 Å². The number of carbonyl (C=O) groups is 1. The number of benzene rings is 2. The van der Waals surface area contributed by atoms with Crippen molar-refractivity contribution in [2.45, 2.75) is 24.3 Å². The quantitative estimate of drug-likeness (QED) is 0.692. The predicted molar refractivity (Wildman–Crippen MR) is 107 cm³/mol. The Morgan fingerprint density at radius 1 is 1.00 bits per heavy atom. The molecule has 0 saturated carbocycles. The van der Waals surface area contributed by atoms with Gasteiger partial charge < -0.3 is 14.8 Å². The summed E-state index contributed by atoms with van der Waals surface area (Å²) in [7, 11) is 0.705. The standard InChI is InChI=1S/C20H26N2O5S/c1-5-19(15-6-8-16(26-3)9-7-15)21-20(23)14-22(2)28(24,25)18-12-10-17(27-4)11-13-18/h6-13,19H,5,14H2,1-4H3,(H,21,23)/t19-/m0/s1. The molecule has 0 aliphatic rings. The lowest BCUT2D eigenvalue weighted by atomic mass is 10.0.